The van der Waals surface area contributed by atoms with E-state index in [1.54, 1.807) is 0 Å². The van der Waals surface area contributed by atoms with Crippen LogP contribution in [0.2, 0.25) is 0 Å². The maximum Gasteiger partial charge on any atom is 0.243 e. The molecule has 1 unspecified atom stereocenters. The van der Waals surface area contributed by atoms with Crippen LogP contribution in [-0.4, -0.2) is 11.6 Å². The van der Waals surface area contributed by atoms with Gasteiger partial charge in [0.05, 0.1) is 5.71 Å². The number of rotatable bonds is 4. The summed E-state index contributed by atoms with van der Waals surface area (Å²) in [6.45, 7) is 1.89. The Kier molecular flexibility index (Phi) is 3.43. The number of hydrogen-bond acceptors (Lipinski definition) is 2. The van der Waals surface area contributed by atoms with Crippen molar-refractivity contribution in [3.63, 3.8) is 0 Å². The summed E-state index contributed by atoms with van der Waals surface area (Å²) < 4.78 is 0. The Morgan fingerprint density at radius 3 is 2.70 bits per heavy atom. The third kappa shape index (κ3) is 2.67. The fourth-order valence-electron chi connectivity index (χ4n) is 2.94. The van der Waals surface area contributed by atoms with Gasteiger partial charge in [0.2, 0.25) is 5.91 Å². The van der Waals surface area contributed by atoms with E-state index in [1.165, 1.54) is 19.3 Å². The Morgan fingerprint density at radius 1 is 1.35 bits per heavy atom. The Hall–Kier alpha value is -1.90. The predicted octanol–water partition coefficient (Wildman–Crippen LogP) is 3.38. The first-order chi connectivity index (χ1) is 9.70. The van der Waals surface area contributed by atoms with Crippen molar-refractivity contribution in [3.05, 3.63) is 42.0 Å². The van der Waals surface area contributed by atoms with E-state index in [1.807, 2.05) is 49.4 Å². The molecule has 1 atom stereocenters. The van der Waals surface area contributed by atoms with Gasteiger partial charge in [0.15, 0.2) is 0 Å². The summed E-state index contributed by atoms with van der Waals surface area (Å²) in [5.41, 5.74) is 5.01. The maximum absolute atomic E-state index is 12.0. The lowest BCUT2D eigenvalue weighted by atomic mass is 9.80. The second-order valence-electron chi connectivity index (χ2n) is 5.95. The van der Waals surface area contributed by atoms with Crippen LogP contribution >= 0.6 is 0 Å². The van der Waals surface area contributed by atoms with Crippen molar-refractivity contribution in [2.75, 3.05) is 0 Å². The number of nitrogens with one attached hydrogen (secondary N) is 1. The van der Waals surface area contributed by atoms with Crippen molar-refractivity contribution in [2.45, 2.75) is 32.6 Å². The summed E-state index contributed by atoms with van der Waals surface area (Å²) in [7, 11) is 0. The molecule has 0 bridgehead atoms. The zero-order valence-electron chi connectivity index (χ0n) is 11.8. The Balaban J connectivity index is 1.51. The van der Waals surface area contributed by atoms with E-state index in [0.717, 1.165) is 17.7 Å². The first-order valence-electron chi connectivity index (χ1n) is 7.27. The van der Waals surface area contributed by atoms with Crippen LogP contribution in [0.25, 0.3) is 6.08 Å². The molecule has 104 valence electrons. The lowest BCUT2D eigenvalue weighted by Crippen LogP contribution is -2.26. The van der Waals surface area contributed by atoms with Crippen LogP contribution in [0, 0.1) is 11.3 Å². The van der Waals surface area contributed by atoms with Crippen molar-refractivity contribution in [1.82, 2.24) is 5.43 Å². The number of hydrazone groups is 1. The van der Waals surface area contributed by atoms with Crippen LogP contribution in [0.4, 0.5) is 0 Å². The smallest absolute Gasteiger partial charge is 0.243 e. The van der Waals surface area contributed by atoms with Crippen molar-refractivity contribution in [1.29, 1.82) is 0 Å². The molecule has 1 N–H and O–H groups in total. The third-order valence-corrected chi connectivity index (χ3v) is 4.51. The molecule has 0 heterocycles. The van der Waals surface area contributed by atoms with E-state index in [-0.39, 0.29) is 11.8 Å². The van der Waals surface area contributed by atoms with Gasteiger partial charge in [0.25, 0.3) is 0 Å². The molecule has 2 fully saturated rings. The van der Waals surface area contributed by atoms with E-state index in [2.05, 4.69) is 10.5 Å². The number of carbonyl (C=O) groups excluding carboxylic acids is 1. The maximum atomic E-state index is 12.0. The van der Waals surface area contributed by atoms with E-state index in [4.69, 9.17) is 0 Å². The summed E-state index contributed by atoms with van der Waals surface area (Å²) in [5, 5.41) is 4.15. The van der Waals surface area contributed by atoms with Crippen LogP contribution in [0.15, 0.2) is 41.5 Å². The minimum atomic E-state index is 0.0946. The highest BCUT2D eigenvalue weighted by molar-refractivity contribution is 5.97. The molecular weight excluding hydrogens is 248 g/mol. The van der Waals surface area contributed by atoms with E-state index < -0.39 is 0 Å². The van der Waals surface area contributed by atoms with Crippen molar-refractivity contribution < 1.29 is 4.79 Å². The minimum Gasteiger partial charge on any atom is -0.273 e. The highest BCUT2D eigenvalue weighted by Gasteiger charge is 2.60. The van der Waals surface area contributed by atoms with Crippen molar-refractivity contribution in [2.24, 2.45) is 16.4 Å². The molecule has 0 aromatic heterocycles. The molecule has 2 aliphatic rings. The van der Waals surface area contributed by atoms with E-state index >= 15 is 0 Å². The normalized spacial score (nSPS) is 23.6. The van der Waals surface area contributed by atoms with Gasteiger partial charge in [-0.2, -0.15) is 5.10 Å². The summed E-state index contributed by atoms with van der Waals surface area (Å²) in [6, 6.07) is 10.1. The molecule has 2 saturated carbocycles. The quantitative estimate of drug-likeness (QED) is 0.660. The SMILES string of the molecule is CC(/C=C/c1ccccc1)=N\NC(=O)C1CC12CCC2. The Bertz CT molecular complexity index is 556. The number of nitrogens with zero attached hydrogens (tertiary/aromatic N) is 1. The van der Waals surface area contributed by atoms with Crippen LogP contribution in [0.5, 0.6) is 0 Å². The topological polar surface area (TPSA) is 41.5 Å². The fourth-order valence-corrected chi connectivity index (χ4v) is 2.94. The van der Waals surface area contributed by atoms with Gasteiger partial charge < -0.3 is 0 Å². The monoisotopic (exact) mass is 268 g/mol. The molecule has 1 spiro atoms. The van der Waals surface area contributed by atoms with Gasteiger partial charge in [-0.15, -0.1) is 0 Å². The van der Waals surface area contributed by atoms with Crippen LogP contribution in [0.3, 0.4) is 0 Å². The van der Waals surface area contributed by atoms with Gasteiger partial charge in [-0.25, -0.2) is 5.43 Å². The molecule has 1 amide bonds. The molecule has 1 aromatic carbocycles. The molecule has 3 nitrogen and oxygen atoms in total. The van der Waals surface area contributed by atoms with Gasteiger partial charge in [0, 0.05) is 5.92 Å². The largest absolute Gasteiger partial charge is 0.273 e. The average molecular weight is 268 g/mol. The number of amides is 1. The summed E-state index contributed by atoms with van der Waals surface area (Å²) in [5.74, 6) is 0.308. The number of benzene rings is 1. The van der Waals surface area contributed by atoms with Gasteiger partial charge in [-0.1, -0.05) is 42.8 Å². The summed E-state index contributed by atoms with van der Waals surface area (Å²) in [4.78, 5) is 12.0. The Labute approximate surface area is 119 Å². The fraction of sp³-hybridized carbons (Fsp3) is 0.412. The van der Waals surface area contributed by atoms with Crippen LogP contribution in [-0.2, 0) is 4.79 Å². The second-order valence-corrected chi connectivity index (χ2v) is 5.95. The molecule has 3 heteroatoms. The zero-order valence-corrected chi connectivity index (χ0v) is 11.8. The second kappa shape index (κ2) is 5.23. The standard InChI is InChI=1S/C17H20N2O/c1-13(8-9-14-6-3-2-4-7-14)18-19-16(20)15-12-17(15)10-5-11-17/h2-4,6-9,15H,5,10-12H2,1H3,(H,19,20)/b9-8+,18-13+. The number of hydrogen-bond donors (Lipinski definition) is 1. The first kappa shape index (κ1) is 13.1. The first-order valence-corrected chi connectivity index (χ1v) is 7.27. The highest BCUT2D eigenvalue weighted by Crippen LogP contribution is 2.65. The number of allylic oxidation sites excluding steroid dienone is 1. The average Bonchev–Trinajstić information content (AvgIpc) is 3.20. The van der Waals surface area contributed by atoms with Crippen molar-refractivity contribution >= 4 is 17.7 Å². The molecule has 0 saturated heterocycles. The van der Waals surface area contributed by atoms with Crippen molar-refractivity contribution in [3.8, 4) is 0 Å². The van der Waals surface area contributed by atoms with Gasteiger partial charge in [-0.3, -0.25) is 4.79 Å². The van der Waals surface area contributed by atoms with Gasteiger partial charge in [-0.05, 0) is 43.2 Å². The van der Waals surface area contributed by atoms with Crippen LogP contribution < -0.4 is 5.43 Å². The summed E-state index contributed by atoms with van der Waals surface area (Å²) in [6.07, 6.45) is 8.71. The van der Waals surface area contributed by atoms with Crippen LogP contribution in [0.1, 0.15) is 38.2 Å². The minimum absolute atomic E-state index is 0.0946. The predicted molar refractivity (Wildman–Crippen MR) is 81.1 cm³/mol. The highest BCUT2D eigenvalue weighted by atomic mass is 16.2. The molecule has 0 aliphatic heterocycles. The lowest BCUT2D eigenvalue weighted by molar-refractivity contribution is -0.123. The van der Waals surface area contributed by atoms with Gasteiger partial charge >= 0.3 is 0 Å². The van der Waals surface area contributed by atoms with Gasteiger partial charge in [0.1, 0.15) is 0 Å². The molecule has 3 rings (SSSR count). The lowest BCUT2D eigenvalue weighted by Gasteiger charge is -2.25. The molecule has 0 radical (unpaired) electrons. The summed E-state index contributed by atoms with van der Waals surface area (Å²) >= 11 is 0. The molecule has 20 heavy (non-hydrogen) atoms. The third-order valence-electron chi connectivity index (χ3n) is 4.51. The van der Waals surface area contributed by atoms with E-state index in [0.29, 0.717) is 5.41 Å². The Morgan fingerprint density at radius 2 is 2.10 bits per heavy atom. The van der Waals surface area contributed by atoms with E-state index in [9.17, 15) is 4.79 Å². The zero-order chi connectivity index (χ0) is 14.0. The molecule has 1 aromatic rings. The molecular formula is C17H20N2O. The molecule has 2 aliphatic carbocycles. The number of carbonyl (C=O) groups is 1.